The fraction of sp³-hybridized carbons (Fsp3) is 0.562. The molecule has 3 nitrogen and oxygen atoms in total. The van der Waals surface area contributed by atoms with Crippen molar-refractivity contribution in [3.63, 3.8) is 0 Å². The van der Waals surface area contributed by atoms with Crippen LogP contribution in [0.15, 0.2) is 18.2 Å². The van der Waals surface area contributed by atoms with Gasteiger partial charge in [0.1, 0.15) is 0 Å². The first-order valence-corrected chi connectivity index (χ1v) is 7.71. The first-order chi connectivity index (χ1) is 9.54. The van der Waals surface area contributed by atoms with Crippen LogP contribution in [-0.4, -0.2) is 30.4 Å². The number of aryl methyl sites for hydroxylation is 1. The van der Waals surface area contributed by atoms with Crippen molar-refractivity contribution < 1.29 is 4.79 Å². The van der Waals surface area contributed by atoms with Crippen LogP contribution in [0.3, 0.4) is 0 Å². The monoisotopic (exact) mass is 294 g/mol. The molecule has 0 aromatic heterocycles. The van der Waals surface area contributed by atoms with E-state index in [2.05, 4.69) is 17.1 Å². The molecule has 0 spiro atoms. The van der Waals surface area contributed by atoms with E-state index in [0.29, 0.717) is 11.4 Å². The predicted octanol–water partition coefficient (Wildman–Crippen LogP) is 3.71. The van der Waals surface area contributed by atoms with Crippen molar-refractivity contribution in [1.29, 1.82) is 0 Å². The lowest BCUT2D eigenvalue weighted by molar-refractivity contribution is -0.116. The number of anilines is 1. The molecular formula is C16H23ClN2O. The van der Waals surface area contributed by atoms with Gasteiger partial charge in [-0.25, -0.2) is 0 Å². The van der Waals surface area contributed by atoms with Gasteiger partial charge in [-0.15, -0.1) is 0 Å². The van der Waals surface area contributed by atoms with E-state index >= 15 is 0 Å². The largest absolute Gasteiger partial charge is 0.326 e. The lowest BCUT2D eigenvalue weighted by Gasteiger charge is -2.30. The summed E-state index contributed by atoms with van der Waals surface area (Å²) < 4.78 is 0. The van der Waals surface area contributed by atoms with Gasteiger partial charge in [0.05, 0.1) is 0 Å². The van der Waals surface area contributed by atoms with Gasteiger partial charge in [-0.1, -0.05) is 24.6 Å². The van der Waals surface area contributed by atoms with Crippen molar-refractivity contribution >= 4 is 23.2 Å². The van der Waals surface area contributed by atoms with Crippen LogP contribution >= 0.6 is 11.6 Å². The molecule has 4 heteroatoms. The summed E-state index contributed by atoms with van der Waals surface area (Å²) in [6.45, 7) is 7.30. The van der Waals surface area contributed by atoms with Crippen LogP contribution in [-0.2, 0) is 4.79 Å². The number of hydrogen-bond acceptors (Lipinski definition) is 2. The van der Waals surface area contributed by atoms with Gasteiger partial charge in [0.2, 0.25) is 5.91 Å². The predicted molar refractivity (Wildman–Crippen MR) is 84.3 cm³/mol. The average Bonchev–Trinajstić information content (AvgIpc) is 2.41. The summed E-state index contributed by atoms with van der Waals surface area (Å²) in [5.74, 6) is 0.811. The molecule has 1 amide bonds. The molecule has 0 saturated carbocycles. The Labute approximate surface area is 126 Å². The van der Waals surface area contributed by atoms with Crippen LogP contribution in [0.25, 0.3) is 0 Å². The van der Waals surface area contributed by atoms with Gasteiger partial charge in [-0.05, 0) is 49.9 Å². The lowest BCUT2D eigenvalue weighted by Crippen LogP contribution is -2.36. The Morgan fingerprint density at radius 2 is 2.30 bits per heavy atom. The molecular weight excluding hydrogens is 272 g/mol. The molecule has 1 fully saturated rings. The van der Waals surface area contributed by atoms with Crippen molar-refractivity contribution in [3.8, 4) is 0 Å². The Balaban J connectivity index is 1.78. The minimum Gasteiger partial charge on any atom is -0.326 e. The SMILES string of the molecule is Cc1ccc(NC(=O)CCN2CCCC(C)C2)cc1Cl. The highest BCUT2D eigenvalue weighted by molar-refractivity contribution is 6.31. The Morgan fingerprint density at radius 1 is 1.50 bits per heavy atom. The van der Waals surface area contributed by atoms with Crippen molar-refractivity contribution in [2.75, 3.05) is 25.0 Å². The highest BCUT2D eigenvalue weighted by atomic mass is 35.5. The fourth-order valence-corrected chi connectivity index (χ4v) is 2.82. The molecule has 1 N–H and O–H groups in total. The summed E-state index contributed by atoms with van der Waals surface area (Å²) in [4.78, 5) is 14.3. The first kappa shape index (κ1) is 15.3. The number of nitrogens with one attached hydrogen (secondary N) is 1. The van der Waals surface area contributed by atoms with Crippen LogP contribution in [0, 0.1) is 12.8 Å². The van der Waals surface area contributed by atoms with Crippen molar-refractivity contribution in [3.05, 3.63) is 28.8 Å². The number of rotatable bonds is 4. The number of likely N-dealkylation sites (tertiary alicyclic amines) is 1. The van der Waals surface area contributed by atoms with Gasteiger partial charge in [0.25, 0.3) is 0 Å². The molecule has 1 aliphatic rings. The smallest absolute Gasteiger partial charge is 0.225 e. The highest BCUT2D eigenvalue weighted by Crippen LogP contribution is 2.20. The summed E-state index contributed by atoms with van der Waals surface area (Å²) >= 11 is 6.05. The topological polar surface area (TPSA) is 32.3 Å². The third-order valence-corrected chi connectivity index (χ3v) is 4.26. The van der Waals surface area contributed by atoms with Crippen molar-refractivity contribution in [1.82, 2.24) is 4.90 Å². The number of piperidine rings is 1. The molecule has 0 aliphatic carbocycles. The number of nitrogens with zero attached hydrogens (tertiary/aromatic N) is 1. The van der Waals surface area contributed by atoms with Gasteiger partial charge in [0.15, 0.2) is 0 Å². The third-order valence-electron chi connectivity index (χ3n) is 3.85. The van der Waals surface area contributed by atoms with Crippen molar-refractivity contribution in [2.24, 2.45) is 5.92 Å². The lowest BCUT2D eigenvalue weighted by atomic mass is 10.0. The van der Waals surface area contributed by atoms with E-state index in [1.54, 1.807) is 6.07 Å². The molecule has 1 atom stereocenters. The van der Waals surface area contributed by atoms with E-state index in [0.717, 1.165) is 36.8 Å². The highest BCUT2D eigenvalue weighted by Gasteiger charge is 2.16. The molecule has 2 rings (SSSR count). The summed E-state index contributed by atoms with van der Waals surface area (Å²) in [5.41, 5.74) is 1.80. The zero-order valence-electron chi connectivity index (χ0n) is 12.3. The molecule has 1 aromatic carbocycles. The molecule has 1 unspecified atom stereocenters. The normalized spacial score (nSPS) is 19.9. The van der Waals surface area contributed by atoms with Gasteiger partial charge < -0.3 is 10.2 Å². The number of carbonyl (C=O) groups is 1. The molecule has 1 saturated heterocycles. The number of halogens is 1. The zero-order chi connectivity index (χ0) is 14.5. The van der Waals surface area contributed by atoms with Crippen LogP contribution in [0.5, 0.6) is 0 Å². The van der Waals surface area contributed by atoms with E-state index in [4.69, 9.17) is 11.6 Å². The number of carbonyl (C=O) groups excluding carboxylic acids is 1. The Hall–Kier alpha value is -1.06. The second-order valence-electron chi connectivity index (χ2n) is 5.81. The van der Waals surface area contributed by atoms with Crippen molar-refractivity contribution in [2.45, 2.75) is 33.1 Å². The van der Waals surface area contributed by atoms with E-state index in [1.807, 2.05) is 19.1 Å². The fourth-order valence-electron chi connectivity index (χ4n) is 2.64. The van der Waals surface area contributed by atoms with E-state index in [9.17, 15) is 4.79 Å². The summed E-state index contributed by atoms with van der Waals surface area (Å²) in [5, 5.41) is 3.60. The zero-order valence-corrected chi connectivity index (χ0v) is 13.0. The molecule has 20 heavy (non-hydrogen) atoms. The Morgan fingerprint density at radius 3 is 3.00 bits per heavy atom. The summed E-state index contributed by atoms with van der Waals surface area (Å²) in [7, 11) is 0. The third kappa shape index (κ3) is 4.50. The van der Waals surface area contributed by atoms with Crippen LogP contribution in [0.2, 0.25) is 5.02 Å². The first-order valence-electron chi connectivity index (χ1n) is 7.33. The summed E-state index contributed by atoms with van der Waals surface area (Å²) in [6, 6.07) is 5.62. The quantitative estimate of drug-likeness (QED) is 0.918. The molecule has 1 aliphatic heterocycles. The van der Waals surface area contributed by atoms with Gasteiger partial charge >= 0.3 is 0 Å². The van der Waals surface area contributed by atoms with E-state index in [1.165, 1.54) is 12.8 Å². The second-order valence-corrected chi connectivity index (χ2v) is 6.22. The number of amides is 1. The maximum atomic E-state index is 12.0. The van der Waals surface area contributed by atoms with Gasteiger partial charge in [-0.2, -0.15) is 0 Å². The Bertz CT molecular complexity index is 476. The molecule has 0 bridgehead atoms. The van der Waals surface area contributed by atoms with Crippen LogP contribution < -0.4 is 5.32 Å². The maximum absolute atomic E-state index is 12.0. The van der Waals surface area contributed by atoms with E-state index in [-0.39, 0.29) is 5.91 Å². The van der Waals surface area contributed by atoms with Gasteiger partial charge in [0, 0.05) is 30.2 Å². The molecule has 1 heterocycles. The van der Waals surface area contributed by atoms with Crippen LogP contribution in [0.1, 0.15) is 31.7 Å². The summed E-state index contributed by atoms with van der Waals surface area (Å²) in [6.07, 6.45) is 3.10. The standard InChI is InChI=1S/C16H23ClN2O/c1-12-4-3-8-19(11-12)9-7-16(20)18-14-6-5-13(2)15(17)10-14/h5-6,10,12H,3-4,7-9,11H2,1-2H3,(H,18,20). The maximum Gasteiger partial charge on any atom is 0.225 e. The number of benzene rings is 1. The average molecular weight is 295 g/mol. The van der Waals surface area contributed by atoms with Crippen LogP contribution in [0.4, 0.5) is 5.69 Å². The second kappa shape index (κ2) is 7.09. The van der Waals surface area contributed by atoms with E-state index < -0.39 is 0 Å². The molecule has 1 aromatic rings. The molecule has 110 valence electrons. The Kier molecular flexibility index (Phi) is 5.44. The minimum atomic E-state index is 0.0585. The van der Waals surface area contributed by atoms with Gasteiger partial charge in [-0.3, -0.25) is 4.79 Å². The number of hydrogen-bond donors (Lipinski definition) is 1. The minimum absolute atomic E-state index is 0.0585. The molecule has 0 radical (unpaired) electrons.